The third-order valence-corrected chi connectivity index (χ3v) is 3.98. The van der Waals surface area contributed by atoms with E-state index >= 15 is 0 Å². The molecule has 0 aromatic carbocycles. The zero-order valence-corrected chi connectivity index (χ0v) is 11.3. The lowest BCUT2D eigenvalue weighted by molar-refractivity contribution is -0.158. The van der Waals surface area contributed by atoms with Gasteiger partial charge in [-0.25, -0.2) is 0 Å². The normalized spacial score (nSPS) is 28.6. The SMILES string of the molecule is CO[C@@H]1CCCC[C@H]1OC(=O)CC1=CCCCC1. The van der Waals surface area contributed by atoms with E-state index in [4.69, 9.17) is 9.47 Å². The van der Waals surface area contributed by atoms with E-state index in [9.17, 15) is 4.79 Å². The van der Waals surface area contributed by atoms with E-state index in [-0.39, 0.29) is 18.2 Å². The first kappa shape index (κ1) is 13.6. The third kappa shape index (κ3) is 3.84. The topological polar surface area (TPSA) is 35.5 Å². The highest BCUT2D eigenvalue weighted by molar-refractivity contribution is 5.72. The number of esters is 1. The molecule has 2 aliphatic rings. The van der Waals surface area contributed by atoms with Crippen LogP contribution in [-0.4, -0.2) is 25.3 Å². The summed E-state index contributed by atoms with van der Waals surface area (Å²) in [5, 5.41) is 0. The van der Waals surface area contributed by atoms with Crippen LogP contribution in [0.2, 0.25) is 0 Å². The van der Waals surface area contributed by atoms with Crippen molar-refractivity contribution in [1.29, 1.82) is 0 Å². The summed E-state index contributed by atoms with van der Waals surface area (Å²) in [5.74, 6) is -0.0721. The minimum atomic E-state index is -0.0721. The van der Waals surface area contributed by atoms with Crippen molar-refractivity contribution in [3.8, 4) is 0 Å². The van der Waals surface area contributed by atoms with Gasteiger partial charge in [0, 0.05) is 7.11 Å². The van der Waals surface area contributed by atoms with Gasteiger partial charge in [-0.1, -0.05) is 18.1 Å². The molecule has 0 saturated heterocycles. The molecule has 102 valence electrons. The number of allylic oxidation sites excluding steroid dienone is 1. The Kier molecular flexibility index (Phi) is 5.24. The van der Waals surface area contributed by atoms with Gasteiger partial charge in [-0.15, -0.1) is 0 Å². The van der Waals surface area contributed by atoms with Crippen LogP contribution >= 0.6 is 0 Å². The van der Waals surface area contributed by atoms with Crippen molar-refractivity contribution in [2.24, 2.45) is 0 Å². The third-order valence-electron chi connectivity index (χ3n) is 3.98. The highest BCUT2D eigenvalue weighted by Gasteiger charge is 2.28. The molecule has 0 bridgehead atoms. The van der Waals surface area contributed by atoms with E-state index in [1.54, 1.807) is 7.11 Å². The van der Waals surface area contributed by atoms with Crippen LogP contribution in [0.4, 0.5) is 0 Å². The van der Waals surface area contributed by atoms with Gasteiger partial charge in [-0.2, -0.15) is 0 Å². The van der Waals surface area contributed by atoms with Gasteiger partial charge < -0.3 is 9.47 Å². The molecular weight excluding hydrogens is 228 g/mol. The van der Waals surface area contributed by atoms with Gasteiger partial charge in [0.2, 0.25) is 0 Å². The summed E-state index contributed by atoms with van der Waals surface area (Å²) >= 11 is 0. The van der Waals surface area contributed by atoms with Gasteiger partial charge in [0.15, 0.2) is 0 Å². The van der Waals surface area contributed by atoms with Crippen molar-refractivity contribution >= 4 is 5.97 Å². The Bertz CT molecular complexity index is 309. The Morgan fingerprint density at radius 1 is 1.22 bits per heavy atom. The van der Waals surface area contributed by atoms with Crippen LogP contribution in [0.3, 0.4) is 0 Å². The van der Waals surface area contributed by atoms with Crippen molar-refractivity contribution in [1.82, 2.24) is 0 Å². The van der Waals surface area contributed by atoms with Crippen LogP contribution in [0.5, 0.6) is 0 Å². The molecule has 2 rings (SSSR count). The molecule has 0 amide bonds. The molecule has 1 fully saturated rings. The van der Waals surface area contributed by atoms with Gasteiger partial charge in [0.05, 0.1) is 12.5 Å². The summed E-state index contributed by atoms with van der Waals surface area (Å²) in [4.78, 5) is 11.9. The number of carbonyl (C=O) groups is 1. The average Bonchev–Trinajstić information content (AvgIpc) is 2.40. The second-order valence-corrected chi connectivity index (χ2v) is 5.37. The summed E-state index contributed by atoms with van der Waals surface area (Å²) in [6.07, 6.45) is 11.7. The Morgan fingerprint density at radius 3 is 2.67 bits per heavy atom. The number of carbonyl (C=O) groups excluding carboxylic acids is 1. The van der Waals surface area contributed by atoms with Crippen LogP contribution < -0.4 is 0 Å². The molecule has 0 radical (unpaired) electrons. The van der Waals surface area contributed by atoms with E-state index in [2.05, 4.69) is 6.08 Å². The lowest BCUT2D eigenvalue weighted by Crippen LogP contribution is -2.35. The maximum absolute atomic E-state index is 11.9. The minimum Gasteiger partial charge on any atom is -0.459 e. The number of methoxy groups -OCH3 is 1. The zero-order chi connectivity index (χ0) is 12.8. The molecule has 0 heterocycles. The van der Waals surface area contributed by atoms with Gasteiger partial charge >= 0.3 is 5.97 Å². The molecule has 3 heteroatoms. The van der Waals surface area contributed by atoms with E-state index in [1.165, 1.54) is 24.8 Å². The number of rotatable bonds is 4. The lowest BCUT2D eigenvalue weighted by Gasteiger charge is -2.30. The first-order valence-electron chi connectivity index (χ1n) is 7.20. The molecule has 0 spiro atoms. The van der Waals surface area contributed by atoms with Crippen molar-refractivity contribution in [3.05, 3.63) is 11.6 Å². The van der Waals surface area contributed by atoms with Gasteiger partial charge in [0.1, 0.15) is 6.10 Å². The summed E-state index contributed by atoms with van der Waals surface area (Å²) < 4.78 is 11.0. The van der Waals surface area contributed by atoms with Crippen LogP contribution in [-0.2, 0) is 14.3 Å². The molecule has 0 aliphatic heterocycles. The lowest BCUT2D eigenvalue weighted by atomic mass is 9.94. The molecular formula is C15H24O3. The van der Waals surface area contributed by atoms with E-state index in [0.717, 1.165) is 32.1 Å². The van der Waals surface area contributed by atoms with Crippen molar-refractivity contribution in [2.45, 2.75) is 70.0 Å². The standard InChI is InChI=1S/C15H24O3/c1-17-13-9-5-6-10-14(13)18-15(16)11-12-7-3-2-4-8-12/h7,13-14H,2-6,8-11H2,1H3/t13-,14-/m1/s1. The van der Waals surface area contributed by atoms with Crippen LogP contribution in [0.15, 0.2) is 11.6 Å². The van der Waals surface area contributed by atoms with Gasteiger partial charge in [-0.3, -0.25) is 4.79 Å². The Balaban J connectivity index is 1.80. The summed E-state index contributed by atoms with van der Waals surface area (Å²) in [5.41, 5.74) is 1.26. The fraction of sp³-hybridized carbons (Fsp3) is 0.800. The fourth-order valence-corrected chi connectivity index (χ4v) is 2.93. The average molecular weight is 252 g/mol. The second kappa shape index (κ2) is 6.93. The summed E-state index contributed by atoms with van der Waals surface area (Å²) in [6, 6.07) is 0. The molecule has 18 heavy (non-hydrogen) atoms. The highest BCUT2D eigenvalue weighted by atomic mass is 16.6. The first-order chi connectivity index (χ1) is 8.79. The van der Waals surface area contributed by atoms with Crippen molar-refractivity contribution in [2.75, 3.05) is 7.11 Å². The molecule has 0 aromatic rings. The van der Waals surface area contributed by atoms with Crippen LogP contribution in [0.1, 0.15) is 57.8 Å². The Labute approximate surface area is 110 Å². The Hall–Kier alpha value is -0.830. The molecule has 1 saturated carbocycles. The molecule has 2 aliphatic carbocycles. The number of hydrogen-bond donors (Lipinski definition) is 0. The van der Waals surface area contributed by atoms with Gasteiger partial charge in [0.25, 0.3) is 0 Å². The molecule has 0 unspecified atom stereocenters. The minimum absolute atomic E-state index is 0.0274. The first-order valence-corrected chi connectivity index (χ1v) is 7.20. The van der Waals surface area contributed by atoms with E-state index in [0.29, 0.717) is 6.42 Å². The van der Waals surface area contributed by atoms with E-state index < -0.39 is 0 Å². The van der Waals surface area contributed by atoms with Gasteiger partial charge in [-0.05, 0) is 44.9 Å². The monoisotopic (exact) mass is 252 g/mol. The molecule has 3 nitrogen and oxygen atoms in total. The summed E-state index contributed by atoms with van der Waals surface area (Å²) in [7, 11) is 1.71. The maximum atomic E-state index is 11.9. The zero-order valence-electron chi connectivity index (χ0n) is 11.3. The quantitative estimate of drug-likeness (QED) is 0.568. The van der Waals surface area contributed by atoms with Crippen molar-refractivity contribution < 1.29 is 14.3 Å². The van der Waals surface area contributed by atoms with E-state index in [1.807, 2.05) is 0 Å². The molecule has 0 N–H and O–H groups in total. The molecule has 2 atom stereocenters. The number of hydrogen-bond acceptors (Lipinski definition) is 3. The van der Waals surface area contributed by atoms with Crippen LogP contribution in [0, 0.1) is 0 Å². The smallest absolute Gasteiger partial charge is 0.310 e. The molecule has 0 aromatic heterocycles. The maximum Gasteiger partial charge on any atom is 0.310 e. The van der Waals surface area contributed by atoms with Crippen molar-refractivity contribution in [3.63, 3.8) is 0 Å². The summed E-state index contributed by atoms with van der Waals surface area (Å²) in [6.45, 7) is 0. The number of ether oxygens (including phenoxy) is 2. The Morgan fingerprint density at radius 2 is 2.00 bits per heavy atom. The predicted molar refractivity (Wildman–Crippen MR) is 70.3 cm³/mol. The fourth-order valence-electron chi connectivity index (χ4n) is 2.93. The second-order valence-electron chi connectivity index (χ2n) is 5.37. The van der Waals surface area contributed by atoms with Crippen LogP contribution in [0.25, 0.3) is 0 Å². The predicted octanol–water partition coefficient (Wildman–Crippen LogP) is 3.38. The largest absolute Gasteiger partial charge is 0.459 e. The highest BCUT2D eigenvalue weighted by Crippen LogP contribution is 2.25.